The van der Waals surface area contributed by atoms with Crippen LogP contribution in [0, 0.1) is 17.8 Å². The lowest BCUT2D eigenvalue weighted by atomic mass is 9.74. The number of amides is 2. The van der Waals surface area contributed by atoms with Crippen molar-refractivity contribution in [1.29, 1.82) is 0 Å². The first kappa shape index (κ1) is 26.9. The number of esters is 1. The SMILES string of the molecule is CC(C)C[C@H](CO)N1C(=O)[C@@H]2[C@H]3C(=O)OCCC/C=C\[C@@]3(C)O[C@@]23C=CCN(c2ccccc2Cl)C(=O)C13. The lowest BCUT2D eigenvalue weighted by Gasteiger charge is -2.40. The first-order valence-corrected chi connectivity index (χ1v) is 13.7. The molecule has 2 fully saturated rings. The van der Waals surface area contributed by atoms with Crippen LogP contribution in [0.2, 0.25) is 5.02 Å². The predicted molar refractivity (Wildman–Crippen MR) is 142 cm³/mol. The van der Waals surface area contributed by atoms with Crippen LogP contribution in [0.1, 0.15) is 40.0 Å². The van der Waals surface area contributed by atoms with Crippen LogP contribution in [-0.2, 0) is 23.9 Å². The number of rotatable bonds is 5. The molecule has 38 heavy (non-hydrogen) atoms. The Bertz CT molecular complexity index is 1180. The number of carbonyl (C=O) groups excluding carboxylic acids is 3. The molecule has 0 bridgehead atoms. The van der Waals surface area contributed by atoms with Gasteiger partial charge in [-0.3, -0.25) is 14.4 Å². The topological polar surface area (TPSA) is 96.4 Å². The third-order valence-electron chi connectivity index (χ3n) is 8.18. The minimum atomic E-state index is -1.42. The molecule has 2 amide bonds. The third kappa shape index (κ3) is 4.17. The van der Waals surface area contributed by atoms with Crippen LogP contribution in [0.5, 0.6) is 0 Å². The number of aliphatic hydroxyl groups is 1. The van der Waals surface area contributed by atoms with E-state index in [0.29, 0.717) is 30.0 Å². The number of likely N-dealkylation sites (tertiary alicyclic amines) is 1. The number of ether oxygens (including phenoxy) is 2. The van der Waals surface area contributed by atoms with E-state index in [1.807, 2.05) is 32.1 Å². The van der Waals surface area contributed by atoms with E-state index in [9.17, 15) is 19.5 Å². The fourth-order valence-electron chi connectivity index (χ4n) is 6.67. The van der Waals surface area contributed by atoms with E-state index < -0.39 is 41.1 Å². The van der Waals surface area contributed by atoms with Gasteiger partial charge in [0.1, 0.15) is 17.6 Å². The van der Waals surface area contributed by atoms with Crippen LogP contribution in [0.4, 0.5) is 5.69 Å². The maximum atomic E-state index is 14.5. The molecule has 4 aliphatic heterocycles. The van der Waals surface area contributed by atoms with Gasteiger partial charge in [0.2, 0.25) is 5.91 Å². The predicted octanol–water partition coefficient (Wildman–Crippen LogP) is 3.51. The fraction of sp³-hybridized carbons (Fsp3) is 0.552. The average molecular weight is 543 g/mol. The molecular weight excluding hydrogens is 508 g/mol. The molecule has 5 rings (SSSR count). The van der Waals surface area contributed by atoms with E-state index in [4.69, 9.17) is 21.1 Å². The van der Waals surface area contributed by atoms with Crippen LogP contribution in [-0.4, -0.2) is 70.8 Å². The number of hydrogen-bond donors (Lipinski definition) is 1. The number of anilines is 1. The molecule has 8 nitrogen and oxygen atoms in total. The molecule has 0 radical (unpaired) electrons. The Morgan fingerprint density at radius 1 is 1.11 bits per heavy atom. The van der Waals surface area contributed by atoms with Crippen molar-refractivity contribution in [2.24, 2.45) is 17.8 Å². The van der Waals surface area contributed by atoms with Gasteiger partial charge in [0, 0.05) is 6.54 Å². The van der Waals surface area contributed by atoms with Gasteiger partial charge >= 0.3 is 5.97 Å². The van der Waals surface area contributed by atoms with Gasteiger partial charge < -0.3 is 24.4 Å². The normalized spacial score (nSPS) is 34.6. The molecule has 1 spiro atoms. The second kappa shape index (κ2) is 10.1. The van der Waals surface area contributed by atoms with Crippen molar-refractivity contribution in [2.45, 2.75) is 63.3 Å². The molecule has 204 valence electrons. The Balaban J connectivity index is 1.69. The highest BCUT2D eigenvalue weighted by Crippen LogP contribution is 2.58. The van der Waals surface area contributed by atoms with Gasteiger partial charge in [0.25, 0.3) is 5.91 Å². The summed E-state index contributed by atoms with van der Waals surface area (Å²) in [5.41, 5.74) is -2.05. The molecule has 0 saturated carbocycles. The van der Waals surface area contributed by atoms with Crippen molar-refractivity contribution in [3.63, 3.8) is 0 Å². The largest absolute Gasteiger partial charge is 0.465 e. The summed E-state index contributed by atoms with van der Waals surface area (Å²) in [5.74, 6) is -3.04. The number of allylic oxidation sites excluding steroid dienone is 1. The summed E-state index contributed by atoms with van der Waals surface area (Å²) in [6, 6.07) is 5.33. The van der Waals surface area contributed by atoms with Crippen molar-refractivity contribution in [3.05, 3.63) is 53.6 Å². The number of halogens is 1. The second-order valence-corrected chi connectivity index (χ2v) is 11.6. The lowest BCUT2D eigenvalue weighted by molar-refractivity contribution is -0.159. The van der Waals surface area contributed by atoms with Gasteiger partial charge in [0.15, 0.2) is 0 Å². The maximum Gasteiger partial charge on any atom is 0.313 e. The molecule has 0 aliphatic carbocycles. The Kier molecular flexibility index (Phi) is 7.18. The molecular formula is C29H35ClN2O6. The highest BCUT2D eigenvalue weighted by atomic mass is 35.5. The Labute approximate surface area is 228 Å². The number of nitrogens with zero attached hydrogens (tertiary/aromatic N) is 2. The van der Waals surface area contributed by atoms with E-state index in [2.05, 4.69) is 0 Å². The van der Waals surface area contributed by atoms with Gasteiger partial charge in [-0.15, -0.1) is 0 Å². The number of aliphatic hydroxyl groups excluding tert-OH is 1. The molecule has 1 unspecified atom stereocenters. The number of benzene rings is 1. The summed E-state index contributed by atoms with van der Waals surface area (Å²) >= 11 is 6.50. The van der Waals surface area contributed by atoms with Crippen LogP contribution in [0.15, 0.2) is 48.6 Å². The second-order valence-electron chi connectivity index (χ2n) is 11.2. The van der Waals surface area contributed by atoms with Gasteiger partial charge in [-0.2, -0.15) is 0 Å². The highest BCUT2D eigenvalue weighted by Gasteiger charge is 2.75. The summed E-state index contributed by atoms with van der Waals surface area (Å²) in [5, 5.41) is 10.8. The molecule has 9 heteroatoms. The fourth-order valence-corrected chi connectivity index (χ4v) is 6.91. The van der Waals surface area contributed by atoms with Crippen molar-refractivity contribution in [1.82, 2.24) is 4.90 Å². The van der Waals surface area contributed by atoms with Crippen molar-refractivity contribution < 1.29 is 29.0 Å². The number of hydrogen-bond acceptors (Lipinski definition) is 6. The van der Waals surface area contributed by atoms with E-state index in [1.54, 1.807) is 42.2 Å². The Morgan fingerprint density at radius 3 is 2.58 bits per heavy atom. The maximum absolute atomic E-state index is 14.5. The molecule has 0 aromatic heterocycles. The van der Waals surface area contributed by atoms with Gasteiger partial charge in [-0.1, -0.05) is 61.9 Å². The number of cyclic esters (lactones) is 1. The van der Waals surface area contributed by atoms with Crippen LogP contribution >= 0.6 is 11.6 Å². The van der Waals surface area contributed by atoms with Gasteiger partial charge in [-0.05, 0) is 44.2 Å². The highest BCUT2D eigenvalue weighted by molar-refractivity contribution is 6.34. The smallest absolute Gasteiger partial charge is 0.313 e. The first-order chi connectivity index (χ1) is 18.1. The average Bonchev–Trinajstić information content (AvgIpc) is 3.22. The molecule has 4 heterocycles. The minimum absolute atomic E-state index is 0.149. The summed E-state index contributed by atoms with van der Waals surface area (Å²) in [6.45, 7) is 5.93. The number of carbonyl (C=O) groups is 3. The summed E-state index contributed by atoms with van der Waals surface area (Å²) in [4.78, 5) is 45.4. The van der Waals surface area contributed by atoms with Crippen LogP contribution < -0.4 is 4.90 Å². The monoisotopic (exact) mass is 542 g/mol. The quantitative estimate of drug-likeness (QED) is 0.452. The van der Waals surface area contributed by atoms with E-state index in [0.717, 1.165) is 0 Å². The molecule has 1 aromatic rings. The summed E-state index contributed by atoms with van der Waals surface area (Å²) < 4.78 is 12.4. The molecule has 2 saturated heterocycles. The minimum Gasteiger partial charge on any atom is -0.465 e. The molecule has 1 aromatic carbocycles. The third-order valence-corrected chi connectivity index (χ3v) is 8.50. The standard InChI is InChI=1S/C29H35ClN2O6/c1-18(2)16-19(17-33)32-24-26(35)31(21-11-6-5-10-20(21)30)14-9-13-29(24)22(25(32)34)23-27(36)37-15-8-4-7-12-28(23,3)38-29/h5-7,9-13,18-19,22-24,33H,4,8,14-17H2,1-3H3/b12-7-/t19-,22+,23+,24?,28-,29+/m1/s1. The van der Waals surface area contributed by atoms with Crippen molar-refractivity contribution in [3.8, 4) is 0 Å². The number of fused-ring (bicyclic) bond motifs is 2. The first-order valence-electron chi connectivity index (χ1n) is 13.4. The zero-order valence-electron chi connectivity index (χ0n) is 22.0. The van der Waals surface area contributed by atoms with Gasteiger partial charge in [-0.25, -0.2) is 0 Å². The molecule has 6 atom stereocenters. The lowest BCUT2D eigenvalue weighted by Crippen LogP contribution is -2.59. The van der Waals surface area contributed by atoms with E-state index >= 15 is 0 Å². The zero-order chi connectivity index (χ0) is 27.2. The van der Waals surface area contributed by atoms with Crippen molar-refractivity contribution in [2.75, 3.05) is 24.7 Å². The van der Waals surface area contributed by atoms with Gasteiger partial charge in [0.05, 0.1) is 41.5 Å². The summed E-state index contributed by atoms with van der Waals surface area (Å²) in [6.07, 6.45) is 9.26. The van der Waals surface area contributed by atoms with Crippen LogP contribution in [0.25, 0.3) is 0 Å². The Morgan fingerprint density at radius 2 is 1.87 bits per heavy atom. The Hall–Kier alpha value is -2.68. The molecule has 4 aliphatic rings. The van der Waals surface area contributed by atoms with Crippen LogP contribution in [0.3, 0.4) is 0 Å². The summed E-state index contributed by atoms with van der Waals surface area (Å²) in [7, 11) is 0. The van der Waals surface area contributed by atoms with E-state index in [-0.39, 0.29) is 37.5 Å². The molecule has 1 N–H and O–H groups in total. The van der Waals surface area contributed by atoms with E-state index in [1.165, 1.54) is 4.90 Å². The zero-order valence-corrected chi connectivity index (χ0v) is 22.8. The number of para-hydroxylation sites is 1. The van der Waals surface area contributed by atoms with Crippen molar-refractivity contribution >= 4 is 35.1 Å².